The number of benzene rings is 1. The third-order valence-corrected chi connectivity index (χ3v) is 3.68. The lowest BCUT2D eigenvalue weighted by Gasteiger charge is -2.19. The van der Waals surface area contributed by atoms with Gasteiger partial charge in [0.05, 0.1) is 11.4 Å². The molecule has 0 heterocycles. The van der Waals surface area contributed by atoms with Crippen molar-refractivity contribution in [2.24, 2.45) is 0 Å². The summed E-state index contributed by atoms with van der Waals surface area (Å²) >= 11 is 5.90. The molecule has 0 spiro atoms. The van der Waals surface area contributed by atoms with E-state index in [9.17, 15) is 4.79 Å². The Morgan fingerprint density at radius 1 is 1.29 bits per heavy atom. The zero-order valence-corrected chi connectivity index (χ0v) is 13.7. The Balaban J connectivity index is 2.35. The van der Waals surface area contributed by atoms with E-state index >= 15 is 0 Å². The van der Waals surface area contributed by atoms with Gasteiger partial charge in [-0.2, -0.15) is 0 Å². The van der Waals surface area contributed by atoms with Gasteiger partial charge >= 0.3 is 0 Å². The fourth-order valence-corrected chi connectivity index (χ4v) is 2.29. The van der Waals surface area contributed by atoms with Crippen LogP contribution in [0.3, 0.4) is 0 Å². The number of unbranched alkanes of at least 4 members (excludes halogenated alkanes) is 1. The Kier molecular flexibility index (Phi) is 8.16. The summed E-state index contributed by atoms with van der Waals surface area (Å²) in [6.45, 7) is 7.44. The highest BCUT2D eigenvalue weighted by atomic mass is 35.5. The largest absolute Gasteiger partial charge is 0.397 e. The van der Waals surface area contributed by atoms with Crippen molar-refractivity contribution in [2.45, 2.75) is 39.5 Å². The fraction of sp³-hybridized carbons (Fsp3) is 0.562. The number of nitrogens with two attached hydrogens (primary N) is 1. The lowest BCUT2D eigenvalue weighted by atomic mass is 10.2. The van der Waals surface area contributed by atoms with Crippen LogP contribution in [0.1, 0.15) is 39.5 Å². The number of nitrogens with zero attached hydrogens (tertiary/aromatic N) is 1. The number of hydrogen-bond acceptors (Lipinski definition) is 3. The summed E-state index contributed by atoms with van der Waals surface area (Å²) in [5, 5.41) is 3.39. The van der Waals surface area contributed by atoms with Gasteiger partial charge in [0, 0.05) is 11.4 Å². The summed E-state index contributed by atoms with van der Waals surface area (Å²) in [4.78, 5) is 14.3. The molecular formula is C16H26ClN3O. The molecule has 1 rings (SSSR count). The van der Waals surface area contributed by atoms with Crippen molar-refractivity contribution in [1.82, 2.24) is 4.90 Å². The van der Waals surface area contributed by atoms with Gasteiger partial charge in [-0.25, -0.2) is 0 Å². The van der Waals surface area contributed by atoms with Crippen LogP contribution in [0.4, 0.5) is 11.4 Å². The number of nitrogen functional groups attached to an aromatic ring is 1. The molecule has 118 valence electrons. The van der Waals surface area contributed by atoms with E-state index in [-0.39, 0.29) is 5.91 Å². The number of carbonyl (C=O) groups is 1. The predicted octanol–water partition coefficient (Wildman–Crippen LogP) is 3.76. The Morgan fingerprint density at radius 2 is 2.00 bits per heavy atom. The molecule has 3 N–H and O–H groups in total. The molecule has 0 radical (unpaired) electrons. The summed E-state index contributed by atoms with van der Waals surface area (Å²) in [6.07, 6.45) is 3.75. The van der Waals surface area contributed by atoms with Gasteiger partial charge in [-0.1, -0.05) is 31.9 Å². The predicted molar refractivity (Wildman–Crippen MR) is 90.8 cm³/mol. The summed E-state index contributed by atoms with van der Waals surface area (Å²) < 4.78 is 0. The van der Waals surface area contributed by atoms with Gasteiger partial charge in [-0.05, 0) is 50.7 Å². The molecule has 1 aromatic carbocycles. The average Bonchev–Trinajstić information content (AvgIpc) is 2.46. The number of halogens is 1. The number of nitrogens with one attached hydrogen (secondary N) is 1. The first-order chi connectivity index (χ1) is 10.1. The van der Waals surface area contributed by atoms with Gasteiger partial charge < -0.3 is 16.0 Å². The first-order valence-corrected chi connectivity index (χ1v) is 8.01. The van der Waals surface area contributed by atoms with Crippen molar-refractivity contribution in [2.75, 3.05) is 30.7 Å². The van der Waals surface area contributed by atoms with Crippen LogP contribution < -0.4 is 11.1 Å². The number of hydrogen-bond donors (Lipinski definition) is 2. The molecule has 0 fully saturated rings. The van der Waals surface area contributed by atoms with Crippen LogP contribution in [0, 0.1) is 0 Å². The highest BCUT2D eigenvalue weighted by Crippen LogP contribution is 2.23. The lowest BCUT2D eigenvalue weighted by molar-refractivity contribution is -0.116. The maximum Gasteiger partial charge on any atom is 0.224 e. The molecule has 21 heavy (non-hydrogen) atoms. The Bertz CT molecular complexity index is 451. The van der Waals surface area contributed by atoms with Crippen molar-refractivity contribution < 1.29 is 4.79 Å². The molecule has 0 aliphatic rings. The van der Waals surface area contributed by atoms with Crippen LogP contribution in [-0.4, -0.2) is 30.4 Å². The summed E-state index contributed by atoms with van der Waals surface area (Å²) in [6, 6.07) is 5.08. The van der Waals surface area contributed by atoms with Gasteiger partial charge in [0.1, 0.15) is 0 Å². The first kappa shape index (κ1) is 17.8. The van der Waals surface area contributed by atoms with E-state index in [4.69, 9.17) is 17.3 Å². The van der Waals surface area contributed by atoms with Gasteiger partial charge in [-0.3, -0.25) is 4.79 Å². The fourth-order valence-electron chi connectivity index (χ4n) is 2.12. The second-order valence-corrected chi connectivity index (χ2v) is 5.61. The number of anilines is 2. The highest BCUT2D eigenvalue weighted by molar-refractivity contribution is 6.31. The molecule has 0 saturated carbocycles. The van der Waals surface area contributed by atoms with E-state index in [1.165, 1.54) is 12.8 Å². The quantitative estimate of drug-likeness (QED) is 0.683. The molecule has 0 aliphatic heterocycles. The number of rotatable bonds is 9. The minimum Gasteiger partial charge on any atom is -0.397 e. The molecule has 0 aromatic heterocycles. The van der Waals surface area contributed by atoms with Crippen molar-refractivity contribution in [3.63, 3.8) is 0 Å². The summed E-state index contributed by atoms with van der Waals surface area (Å²) in [5.41, 5.74) is 6.93. The molecule has 0 saturated heterocycles. The standard InChI is InChI=1S/C16H26ClN3O/c1-3-5-10-20(4-2)11-6-7-16(21)19-15-12-13(17)8-9-14(15)18/h8-9,12H,3-7,10-11,18H2,1-2H3,(H,19,21). The molecule has 0 bridgehead atoms. The van der Waals surface area contributed by atoms with Gasteiger partial charge in [0.2, 0.25) is 5.91 Å². The van der Waals surface area contributed by atoms with Gasteiger partial charge in [-0.15, -0.1) is 0 Å². The van der Waals surface area contributed by atoms with Crippen LogP contribution in [-0.2, 0) is 4.79 Å². The topological polar surface area (TPSA) is 58.4 Å². The highest BCUT2D eigenvalue weighted by Gasteiger charge is 2.07. The molecule has 0 aliphatic carbocycles. The molecule has 5 heteroatoms. The Hall–Kier alpha value is -1.26. The van der Waals surface area contributed by atoms with Crippen LogP contribution >= 0.6 is 11.6 Å². The first-order valence-electron chi connectivity index (χ1n) is 7.64. The van der Waals surface area contributed by atoms with Gasteiger partial charge in [0.15, 0.2) is 0 Å². The molecule has 1 aromatic rings. The van der Waals surface area contributed by atoms with Crippen molar-refractivity contribution in [3.05, 3.63) is 23.2 Å². The molecular weight excluding hydrogens is 286 g/mol. The minimum atomic E-state index is -0.0180. The van der Waals surface area contributed by atoms with Crippen LogP contribution in [0.2, 0.25) is 5.02 Å². The smallest absolute Gasteiger partial charge is 0.224 e. The van der Waals surface area contributed by atoms with Gasteiger partial charge in [0.25, 0.3) is 0 Å². The SMILES string of the molecule is CCCCN(CC)CCCC(=O)Nc1cc(Cl)ccc1N. The van der Waals surface area contributed by atoms with Crippen LogP contribution in [0.15, 0.2) is 18.2 Å². The second-order valence-electron chi connectivity index (χ2n) is 5.17. The Labute approximate surface area is 132 Å². The third kappa shape index (κ3) is 6.82. The molecule has 0 atom stereocenters. The van der Waals surface area contributed by atoms with E-state index in [0.29, 0.717) is 22.8 Å². The lowest BCUT2D eigenvalue weighted by Crippen LogP contribution is -2.26. The molecule has 1 amide bonds. The maximum absolute atomic E-state index is 11.9. The van der Waals surface area contributed by atoms with E-state index in [1.54, 1.807) is 18.2 Å². The van der Waals surface area contributed by atoms with E-state index < -0.39 is 0 Å². The van der Waals surface area contributed by atoms with Crippen molar-refractivity contribution in [1.29, 1.82) is 0 Å². The summed E-state index contributed by atoms with van der Waals surface area (Å²) in [7, 11) is 0. The second kappa shape index (κ2) is 9.64. The van der Waals surface area contributed by atoms with E-state index in [1.807, 2.05) is 0 Å². The molecule has 4 nitrogen and oxygen atoms in total. The monoisotopic (exact) mass is 311 g/mol. The van der Waals surface area contributed by atoms with Crippen molar-refractivity contribution in [3.8, 4) is 0 Å². The molecule has 0 unspecified atom stereocenters. The van der Waals surface area contributed by atoms with E-state index in [0.717, 1.165) is 26.1 Å². The van der Waals surface area contributed by atoms with Crippen LogP contribution in [0.25, 0.3) is 0 Å². The summed E-state index contributed by atoms with van der Waals surface area (Å²) in [5.74, 6) is -0.0180. The third-order valence-electron chi connectivity index (χ3n) is 3.44. The van der Waals surface area contributed by atoms with Crippen LogP contribution in [0.5, 0.6) is 0 Å². The maximum atomic E-state index is 11.9. The van der Waals surface area contributed by atoms with Crippen molar-refractivity contribution >= 4 is 28.9 Å². The van der Waals surface area contributed by atoms with E-state index in [2.05, 4.69) is 24.1 Å². The normalized spacial score (nSPS) is 10.9. The Morgan fingerprint density at radius 3 is 2.67 bits per heavy atom. The minimum absolute atomic E-state index is 0.0180. The average molecular weight is 312 g/mol. The zero-order chi connectivity index (χ0) is 15.7. The number of carbonyl (C=O) groups excluding carboxylic acids is 1. The number of amides is 1. The zero-order valence-electron chi connectivity index (χ0n) is 13.0.